The van der Waals surface area contributed by atoms with Gasteiger partial charge in [-0.2, -0.15) is 10.5 Å². The fraction of sp³-hybridized carbons (Fsp3) is 0.0606. The number of nitrogens with zero attached hydrogens (tertiary/aromatic N) is 6. The SMILES string of the molecule is COc1ccc2c(c1)c1ccccc1n2-c1c(C#N)c(-n2c3ccccc3c3cc(C)ccc32)c(-n2c3ccc(C)cc3c3ccc4c5ccccc5sc4c32)c(C#N)c1-n1c2ccccc2c2cc(OC)ccc21. The van der Waals surface area contributed by atoms with Crippen LogP contribution >= 0.6 is 11.3 Å². The number of ether oxygens (including phenoxy) is 2. The predicted octanol–water partition coefficient (Wildman–Crippen LogP) is 16.8. The molecule has 354 valence electrons. The minimum absolute atomic E-state index is 0.394. The monoisotopic (exact) mass is 982 g/mol. The topological polar surface area (TPSA) is 85.8 Å². The molecule has 15 rings (SSSR count). The lowest BCUT2D eigenvalue weighted by atomic mass is 9.98. The van der Waals surface area contributed by atoms with E-state index in [1.807, 2.05) is 36.4 Å². The molecule has 5 aromatic heterocycles. The summed E-state index contributed by atoms with van der Waals surface area (Å²) >= 11 is 1.76. The average Bonchev–Trinajstić information content (AvgIpc) is 4.39. The molecule has 8 nitrogen and oxygen atoms in total. The normalized spacial score (nSPS) is 12.0. The van der Waals surface area contributed by atoms with Gasteiger partial charge in [0.15, 0.2) is 0 Å². The Morgan fingerprint density at radius 2 is 0.733 bits per heavy atom. The van der Waals surface area contributed by atoms with Crippen molar-refractivity contribution in [3.63, 3.8) is 0 Å². The minimum Gasteiger partial charge on any atom is -0.497 e. The van der Waals surface area contributed by atoms with Gasteiger partial charge in [0.25, 0.3) is 0 Å². The van der Waals surface area contributed by atoms with Crippen LogP contribution < -0.4 is 9.47 Å². The number of nitriles is 2. The lowest BCUT2D eigenvalue weighted by molar-refractivity contribution is 0.415. The molecule has 0 spiro atoms. The molecule has 0 saturated carbocycles. The maximum absolute atomic E-state index is 12.8. The lowest BCUT2D eigenvalue weighted by Gasteiger charge is -2.27. The van der Waals surface area contributed by atoms with Gasteiger partial charge in [0.1, 0.15) is 34.8 Å². The standard InChI is InChI=1S/C66H42N6O2S/c1-37-21-27-56-47(31-37)41-13-5-9-17-53(41)69(56)63-51(35-67)61(70-54-18-10-6-14-42(54)49-33-39(73-3)23-29-57(49)70)62(71-55-19-11-7-15-43(55)50-34-40(74-4)24-30-58(50)71)52(36-68)64(63)72-59-28-22-38(2)32-48(59)45-25-26-46-44-16-8-12-20-60(44)75-66(46)65(45)72/h5-34H,1-4H3. The molecule has 0 atom stereocenters. The van der Waals surface area contributed by atoms with E-state index >= 15 is 0 Å². The maximum Gasteiger partial charge on any atom is 0.119 e. The third-order valence-electron chi connectivity index (χ3n) is 15.5. The van der Waals surface area contributed by atoms with Crippen LogP contribution in [0, 0.1) is 36.5 Å². The molecule has 0 aliphatic rings. The molecule has 9 heteroatoms. The van der Waals surface area contributed by atoms with Crippen molar-refractivity contribution in [1.82, 2.24) is 18.3 Å². The van der Waals surface area contributed by atoms with Crippen LogP contribution in [0.4, 0.5) is 0 Å². The molecule has 75 heavy (non-hydrogen) atoms. The Bertz CT molecular complexity index is 5100. The van der Waals surface area contributed by atoms with Crippen LogP contribution in [0.15, 0.2) is 182 Å². The quantitative estimate of drug-likeness (QED) is 0.166. The van der Waals surface area contributed by atoms with E-state index in [9.17, 15) is 10.5 Å². The molecule has 0 N–H and O–H groups in total. The Morgan fingerprint density at radius 1 is 0.360 bits per heavy atom. The van der Waals surface area contributed by atoms with Gasteiger partial charge in [0.05, 0.1) is 85.8 Å². The van der Waals surface area contributed by atoms with Gasteiger partial charge in [0.2, 0.25) is 0 Å². The van der Waals surface area contributed by atoms with E-state index in [-0.39, 0.29) is 0 Å². The predicted molar refractivity (Wildman–Crippen MR) is 309 cm³/mol. The second kappa shape index (κ2) is 15.8. The largest absolute Gasteiger partial charge is 0.497 e. The van der Waals surface area contributed by atoms with Crippen molar-refractivity contribution in [3.05, 3.63) is 204 Å². The zero-order chi connectivity index (χ0) is 50.4. The molecule has 0 amide bonds. The summed E-state index contributed by atoms with van der Waals surface area (Å²) in [5, 5.41) is 35.9. The number of aryl methyl sites for hydroxylation is 2. The number of thiophene rings is 1. The third kappa shape index (κ3) is 5.79. The van der Waals surface area contributed by atoms with Gasteiger partial charge >= 0.3 is 0 Å². The van der Waals surface area contributed by atoms with Gasteiger partial charge in [-0.25, -0.2) is 0 Å². The van der Waals surface area contributed by atoms with Crippen molar-refractivity contribution in [2.45, 2.75) is 13.8 Å². The van der Waals surface area contributed by atoms with Crippen LogP contribution in [0.2, 0.25) is 0 Å². The Hall–Kier alpha value is -9.80. The Balaban J connectivity index is 1.28. The van der Waals surface area contributed by atoms with Crippen molar-refractivity contribution in [2.75, 3.05) is 14.2 Å². The van der Waals surface area contributed by atoms with E-state index in [0.717, 1.165) is 108 Å². The lowest BCUT2D eigenvalue weighted by Crippen LogP contribution is -2.16. The summed E-state index contributed by atoms with van der Waals surface area (Å²) in [4.78, 5) is 0. The number of hydrogen-bond donors (Lipinski definition) is 0. The second-order valence-corrected chi connectivity index (χ2v) is 20.6. The smallest absolute Gasteiger partial charge is 0.119 e. The first-order valence-electron chi connectivity index (χ1n) is 24.9. The fourth-order valence-corrected chi connectivity index (χ4v) is 13.6. The van der Waals surface area contributed by atoms with Gasteiger partial charge in [-0.3, -0.25) is 0 Å². The Kier molecular flexibility index (Phi) is 9.05. The summed E-state index contributed by atoms with van der Waals surface area (Å²) in [6.45, 7) is 4.25. The first-order chi connectivity index (χ1) is 36.9. The zero-order valence-corrected chi connectivity index (χ0v) is 42.0. The highest BCUT2D eigenvalue weighted by molar-refractivity contribution is 7.26. The van der Waals surface area contributed by atoms with Crippen molar-refractivity contribution in [1.29, 1.82) is 10.5 Å². The van der Waals surface area contributed by atoms with Crippen LogP contribution in [-0.2, 0) is 0 Å². The van der Waals surface area contributed by atoms with E-state index in [0.29, 0.717) is 45.4 Å². The number of methoxy groups -OCH3 is 2. The maximum atomic E-state index is 12.8. The van der Waals surface area contributed by atoms with Gasteiger partial charge in [-0.1, -0.05) is 108 Å². The molecular weight excluding hydrogens is 941 g/mol. The highest BCUT2D eigenvalue weighted by Gasteiger charge is 2.35. The van der Waals surface area contributed by atoms with Gasteiger partial charge in [-0.05, 0) is 98.8 Å². The number of hydrogen-bond acceptors (Lipinski definition) is 5. The first kappa shape index (κ1) is 42.8. The number of para-hydroxylation sites is 3. The summed E-state index contributed by atoms with van der Waals surface area (Å²) in [5.41, 5.74) is 12.6. The summed E-state index contributed by atoms with van der Waals surface area (Å²) in [6, 6.07) is 69.5. The van der Waals surface area contributed by atoms with Crippen molar-refractivity contribution in [3.8, 4) is 46.4 Å². The van der Waals surface area contributed by atoms with Crippen molar-refractivity contribution in [2.24, 2.45) is 0 Å². The van der Waals surface area contributed by atoms with E-state index in [1.165, 1.54) is 10.1 Å². The molecule has 15 aromatic rings. The molecular formula is C66H42N6O2S. The van der Waals surface area contributed by atoms with E-state index in [4.69, 9.17) is 9.47 Å². The zero-order valence-electron chi connectivity index (χ0n) is 41.2. The van der Waals surface area contributed by atoms with E-state index < -0.39 is 0 Å². The Labute approximate surface area is 433 Å². The molecule has 0 unspecified atom stereocenters. The van der Waals surface area contributed by atoms with Crippen LogP contribution in [-0.4, -0.2) is 32.5 Å². The van der Waals surface area contributed by atoms with Gasteiger partial charge < -0.3 is 27.7 Å². The van der Waals surface area contributed by atoms with Crippen LogP contribution in [0.25, 0.3) is 130 Å². The van der Waals surface area contributed by atoms with Crippen molar-refractivity contribution >= 4 is 119 Å². The summed E-state index contributed by atoms with van der Waals surface area (Å²) in [7, 11) is 3.37. The molecule has 0 radical (unpaired) electrons. The molecule has 0 saturated heterocycles. The first-order valence-corrected chi connectivity index (χ1v) is 25.8. The molecule has 0 aliphatic carbocycles. The highest BCUT2D eigenvalue weighted by Crippen LogP contribution is 2.51. The van der Waals surface area contributed by atoms with E-state index in [1.54, 1.807) is 25.6 Å². The highest BCUT2D eigenvalue weighted by atomic mass is 32.1. The number of aromatic nitrogens is 4. The van der Waals surface area contributed by atoms with Crippen LogP contribution in [0.5, 0.6) is 11.5 Å². The van der Waals surface area contributed by atoms with Crippen LogP contribution in [0.3, 0.4) is 0 Å². The Morgan fingerprint density at radius 3 is 1.21 bits per heavy atom. The third-order valence-corrected chi connectivity index (χ3v) is 16.7. The van der Waals surface area contributed by atoms with Gasteiger partial charge in [-0.15, -0.1) is 11.3 Å². The summed E-state index contributed by atoms with van der Waals surface area (Å²) < 4.78 is 23.1. The number of fused-ring (bicyclic) bond motifs is 16. The molecule has 5 heterocycles. The second-order valence-electron chi connectivity index (χ2n) is 19.5. The molecule has 10 aromatic carbocycles. The fourth-order valence-electron chi connectivity index (χ4n) is 12.4. The molecule has 0 fully saturated rings. The van der Waals surface area contributed by atoms with E-state index in [2.05, 4.69) is 190 Å². The van der Waals surface area contributed by atoms with Crippen LogP contribution in [0.1, 0.15) is 22.3 Å². The molecule has 0 bridgehead atoms. The summed E-state index contributed by atoms with van der Waals surface area (Å²) in [6.07, 6.45) is 0. The minimum atomic E-state index is 0.394. The molecule has 0 aliphatic heterocycles. The van der Waals surface area contributed by atoms with Crippen molar-refractivity contribution < 1.29 is 9.47 Å². The number of benzene rings is 10. The van der Waals surface area contributed by atoms with Gasteiger partial charge in [0, 0.05) is 58.6 Å². The number of rotatable bonds is 6. The average molecular weight is 983 g/mol. The summed E-state index contributed by atoms with van der Waals surface area (Å²) in [5.74, 6) is 1.43.